The molecule has 2 aliphatic rings. The zero-order valence-electron chi connectivity index (χ0n) is 15.6. The predicted octanol–water partition coefficient (Wildman–Crippen LogP) is 4.00. The van der Waals surface area contributed by atoms with Gasteiger partial charge < -0.3 is 9.72 Å². The van der Waals surface area contributed by atoms with Crippen LogP contribution in [0.2, 0.25) is 0 Å². The van der Waals surface area contributed by atoms with E-state index in [0.29, 0.717) is 16.5 Å². The van der Waals surface area contributed by atoms with E-state index in [1.54, 1.807) is 31.4 Å². The normalized spacial score (nSPS) is 22.7. The highest BCUT2D eigenvalue weighted by atomic mass is 79.9. The second-order valence-electron chi connectivity index (χ2n) is 6.98. The second-order valence-corrected chi connectivity index (χ2v) is 10.1. The van der Waals surface area contributed by atoms with Crippen LogP contribution < -0.4 is 14.5 Å². The maximum Gasteiger partial charge on any atom is 0.305 e. The molecule has 0 bridgehead atoms. The first kappa shape index (κ1) is 19.6. The Morgan fingerprint density at radius 3 is 2.50 bits per heavy atom. The Morgan fingerprint density at radius 2 is 1.77 bits per heavy atom. The summed E-state index contributed by atoms with van der Waals surface area (Å²) < 4.78 is 6.41. The SMILES string of the molecule is COc1ccccc1C1c2sc(=O)[nH]c2SC2C(=O)N(c3ccc(Br)cc3)C(=O)C21. The summed E-state index contributed by atoms with van der Waals surface area (Å²) in [5, 5.41) is 0.0368. The molecule has 2 aliphatic heterocycles. The smallest absolute Gasteiger partial charge is 0.305 e. The molecule has 0 spiro atoms. The number of benzene rings is 2. The van der Waals surface area contributed by atoms with Crippen LogP contribution in [0.3, 0.4) is 0 Å². The fourth-order valence-electron chi connectivity index (χ4n) is 4.12. The molecule has 2 amide bonds. The van der Waals surface area contributed by atoms with Gasteiger partial charge in [-0.1, -0.05) is 57.2 Å². The molecule has 3 unspecified atom stereocenters. The maximum atomic E-state index is 13.6. The molecule has 3 heterocycles. The number of imide groups is 1. The summed E-state index contributed by atoms with van der Waals surface area (Å²) in [6, 6.07) is 14.5. The van der Waals surface area contributed by atoms with E-state index in [4.69, 9.17) is 4.74 Å². The zero-order valence-corrected chi connectivity index (χ0v) is 18.8. The molecule has 2 aromatic carbocycles. The number of aromatic nitrogens is 1. The molecule has 1 saturated heterocycles. The number of methoxy groups -OCH3 is 1. The molecule has 0 radical (unpaired) electrons. The first-order valence-electron chi connectivity index (χ1n) is 9.15. The number of thiazole rings is 1. The largest absolute Gasteiger partial charge is 0.496 e. The summed E-state index contributed by atoms with van der Waals surface area (Å²) in [5.74, 6) is -0.968. The molecule has 3 aromatic rings. The Labute approximate surface area is 188 Å². The third kappa shape index (κ3) is 2.95. The van der Waals surface area contributed by atoms with Gasteiger partial charge >= 0.3 is 4.87 Å². The zero-order chi connectivity index (χ0) is 21.0. The number of H-pyrrole nitrogens is 1. The van der Waals surface area contributed by atoms with E-state index in [2.05, 4.69) is 20.9 Å². The lowest BCUT2D eigenvalue weighted by Crippen LogP contribution is -2.32. The van der Waals surface area contributed by atoms with Crippen molar-refractivity contribution in [3.05, 3.63) is 73.1 Å². The van der Waals surface area contributed by atoms with Gasteiger partial charge in [-0.15, -0.1) is 0 Å². The van der Waals surface area contributed by atoms with Crippen molar-refractivity contribution in [2.24, 2.45) is 5.92 Å². The van der Waals surface area contributed by atoms with Crippen molar-refractivity contribution < 1.29 is 14.3 Å². The summed E-state index contributed by atoms with van der Waals surface area (Å²) in [4.78, 5) is 43.7. The fourth-order valence-corrected chi connectivity index (χ4v) is 6.89. The molecule has 30 heavy (non-hydrogen) atoms. The Morgan fingerprint density at radius 1 is 1.03 bits per heavy atom. The Balaban J connectivity index is 1.67. The van der Waals surface area contributed by atoms with Crippen LogP contribution in [0.25, 0.3) is 0 Å². The Bertz CT molecular complexity index is 1220. The number of nitrogens with one attached hydrogen (secondary N) is 1. The van der Waals surface area contributed by atoms with Crippen LogP contribution in [0.1, 0.15) is 16.4 Å². The topological polar surface area (TPSA) is 79.5 Å². The minimum atomic E-state index is -0.624. The van der Waals surface area contributed by atoms with Crippen molar-refractivity contribution in [2.75, 3.05) is 12.0 Å². The lowest BCUT2D eigenvalue weighted by molar-refractivity contribution is -0.122. The van der Waals surface area contributed by atoms with E-state index in [9.17, 15) is 14.4 Å². The molecule has 3 atom stereocenters. The fraction of sp³-hybridized carbons (Fsp3) is 0.190. The van der Waals surface area contributed by atoms with Crippen molar-refractivity contribution in [3.8, 4) is 5.75 Å². The molecule has 152 valence electrons. The first-order valence-corrected chi connectivity index (χ1v) is 11.6. The highest BCUT2D eigenvalue weighted by Gasteiger charge is 2.56. The van der Waals surface area contributed by atoms with Crippen molar-refractivity contribution in [1.82, 2.24) is 4.98 Å². The number of amides is 2. The first-order chi connectivity index (χ1) is 14.5. The van der Waals surface area contributed by atoms with Gasteiger partial charge in [0.15, 0.2) is 0 Å². The number of ether oxygens (including phenoxy) is 1. The number of fused-ring (bicyclic) bond motifs is 2. The number of rotatable bonds is 3. The molecule has 1 N–H and O–H groups in total. The average Bonchev–Trinajstić information content (AvgIpc) is 3.24. The molecule has 5 rings (SSSR count). The summed E-state index contributed by atoms with van der Waals surface area (Å²) in [5.41, 5.74) is 1.34. The monoisotopic (exact) mass is 502 g/mol. The minimum Gasteiger partial charge on any atom is -0.496 e. The molecular formula is C21H15BrN2O4S2. The number of aromatic amines is 1. The van der Waals surface area contributed by atoms with Crippen LogP contribution in [0.4, 0.5) is 5.69 Å². The quantitative estimate of drug-likeness (QED) is 0.547. The standard InChI is InChI=1S/C21H15BrN2O4S2/c1-28-13-5-3-2-4-12(13)14-15-17(29-18-16(14)30-21(27)23-18)20(26)24(19(15)25)11-8-6-10(22)7-9-11/h2-9,14-15,17H,1H3,(H,23,27). The number of hydrogen-bond donors (Lipinski definition) is 1. The van der Waals surface area contributed by atoms with Crippen LogP contribution in [0, 0.1) is 5.92 Å². The number of carbonyl (C=O) groups excluding carboxylic acids is 2. The van der Waals surface area contributed by atoms with Crippen LogP contribution in [-0.2, 0) is 9.59 Å². The number of hydrogen-bond acceptors (Lipinski definition) is 6. The molecule has 6 nitrogen and oxygen atoms in total. The van der Waals surface area contributed by atoms with Crippen LogP contribution in [-0.4, -0.2) is 29.2 Å². The van der Waals surface area contributed by atoms with Crippen molar-refractivity contribution >= 4 is 56.5 Å². The number of anilines is 1. The van der Waals surface area contributed by atoms with Crippen LogP contribution in [0.15, 0.2) is 62.8 Å². The predicted molar refractivity (Wildman–Crippen MR) is 120 cm³/mol. The van der Waals surface area contributed by atoms with Gasteiger partial charge in [0.05, 0.1) is 23.7 Å². The van der Waals surface area contributed by atoms with Crippen LogP contribution >= 0.6 is 39.0 Å². The number of carbonyl (C=O) groups is 2. The van der Waals surface area contributed by atoms with E-state index < -0.39 is 17.1 Å². The van der Waals surface area contributed by atoms with E-state index in [0.717, 1.165) is 26.3 Å². The van der Waals surface area contributed by atoms with E-state index in [1.165, 1.54) is 16.7 Å². The number of para-hydroxylation sites is 1. The second kappa shape index (κ2) is 7.40. The van der Waals surface area contributed by atoms with Gasteiger partial charge in [-0.25, -0.2) is 4.90 Å². The lowest BCUT2D eigenvalue weighted by atomic mass is 9.82. The minimum absolute atomic E-state index is 0.197. The molecular weight excluding hydrogens is 488 g/mol. The molecule has 0 saturated carbocycles. The van der Waals surface area contributed by atoms with Gasteiger partial charge in [0.2, 0.25) is 11.8 Å². The summed E-state index contributed by atoms with van der Waals surface area (Å²) >= 11 is 5.74. The van der Waals surface area contributed by atoms with Crippen molar-refractivity contribution in [1.29, 1.82) is 0 Å². The van der Waals surface area contributed by atoms with Gasteiger partial charge in [-0.3, -0.25) is 14.4 Å². The number of thioether (sulfide) groups is 1. The Kier molecular flexibility index (Phi) is 4.83. The molecule has 9 heteroatoms. The Hall–Kier alpha value is -2.36. The lowest BCUT2D eigenvalue weighted by Gasteiger charge is -2.30. The van der Waals surface area contributed by atoms with Gasteiger partial charge in [0.1, 0.15) is 11.0 Å². The van der Waals surface area contributed by atoms with Gasteiger partial charge in [-0.2, -0.15) is 0 Å². The number of nitrogens with zero attached hydrogens (tertiary/aromatic N) is 1. The number of halogens is 1. The van der Waals surface area contributed by atoms with Crippen molar-refractivity contribution in [2.45, 2.75) is 16.2 Å². The van der Waals surface area contributed by atoms with E-state index in [1.807, 2.05) is 24.3 Å². The third-order valence-corrected chi connectivity index (χ3v) is 8.31. The summed E-state index contributed by atoms with van der Waals surface area (Å²) in [6.45, 7) is 0. The van der Waals surface area contributed by atoms with E-state index in [-0.39, 0.29) is 16.7 Å². The average molecular weight is 503 g/mol. The highest BCUT2D eigenvalue weighted by Crippen LogP contribution is 2.54. The molecule has 1 fully saturated rings. The highest BCUT2D eigenvalue weighted by molar-refractivity contribution is 9.10. The van der Waals surface area contributed by atoms with Gasteiger partial charge in [-0.05, 0) is 30.3 Å². The maximum absolute atomic E-state index is 13.6. The summed E-state index contributed by atoms with van der Waals surface area (Å²) in [7, 11) is 1.57. The van der Waals surface area contributed by atoms with Gasteiger partial charge in [0, 0.05) is 20.8 Å². The van der Waals surface area contributed by atoms with Crippen molar-refractivity contribution in [3.63, 3.8) is 0 Å². The van der Waals surface area contributed by atoms with Gasteiger partial charge in [0.25, 0.3) is 0 Å². The molecule has 0 aliphatic carbocycles. The van der Waals surface area contributed by atoms with E-state index >= 15 is 0 Å². The molecule has 1 aromatic heterocycles. The van der Waals surface area contributed by atoms with Crippen LogP contribution in [0.5, 0.6) is 5.75 Å². The third-order valence-electron chi connectivity index (χ3n) is 5.38. The summed E-state index contributed by atoms with van der Waals surface area (Å²) in [6.07, 6.45) is 0.